The van der Waals surface area contributed by atoms with Gasteiger partial charge in [0.05, 0.1) is 7.11 Å². The fraction of sp³-hybridized carbons (Fsp3) is 0.278. The second-order valence-electron chi connectivity index (χ2n) is 5.14. The molecule has 21 heavy (non-hydrogen) atoms. The molecule has 0 heterocycles. The van der Waals surface area contributed by atoms with E-state index in [4.69, 9.17) is 4.74 Å². The van der Waals surface area contributed by atoms with Gasteiger partial charge in [-0.05, 0) is 43.5 Å². The van der Waals surface area contributed by atoms with Crippen LogP contribution in [0.5, 0.6) is 5.75 Å². The number of para-hydroxylation sites is 1. The maximum Gasteiger partial charge on any atom is 0.251 e. The number of carbonyl (C=O) groups excluding carboxylic acids is 1. The normalized spacial score (nSPS) is 10.2. The van der Waals surface area contributed by atoms with Crippen molar-refractivity contribution in [3.63, 3.8) is 0 Å². The van der Waals surface area contributed by atoms with E-state index in [0.717, 1.165) is 34.4 Å². The van der Waals surface area contributed by atoms with Gasteiger partial charge in [0.1, 0.15) is 5.75 Å². The molecule has 0 aliphatic rings. The van der Waals surface area contributed by atoms with Crippen molar-refractivity contribution >= 4 is 5.91 Å². The number of ether oxygens (including phenoxy) is 1. The molecule has 0 aliphatic carbocycles. The molecular formula is C18H21NO2. The van der Waals surface area contributed by atoms with E-state index in [9.17, 15) is 4.79 Å². The largest absolute Gasteiger partial charge is 0.496 e. The third-order valence-electron chi connectivity index (χ3n) is 3.51. The van der Waals surface area contributed by atoms with E-state index in [1.54, 1.807) is 7.11 Å². The van der Waals surface area contributed by atoms with E-state index in [1.165, 1.54) is 0 Å². The van der Waals surface area contributed by atoms with Crippen LogP contribution in [0.1, 0.15) is 27.0 Å². The molecule has 110 valence electrons. The predicted octanol–water partition coefficient (Wildman–Crippen LogP) is 3.28. The maximum absolute atomic E-state index is 12.2. The van der Waals surface area contributed by atoms with Crippen molar-refractivity contribution in [2.24, 2.45) is 0 Å². The molecule has 3 nitrogen and oxygen atoms in total. The van der Waals surface area contributed by atoms with Crippen LogP contribution >= 0.6 is 0 Å². The first-order valence-electron chi connectivity index (χ1n) is 7.09. The molecule has 2 aromatic carbocycles. The lowest BCUT2D eigenvalue weighted by Crippen LogP contribution is -2.26. The molecule has 2 rings (SSSR count). The van der Waals surface area contributed by atoms with Gasteiger partial charge in [-0.1, -0.05) is 35.9 Å². The predicted molar refractivity (Wildman–Crippen MR) is 84.9 cm³/mol. The number of carbonyl (C=O) groups is 1. The molecule has 1 N–H and O–H groups in total. The number of hydrogen-bond acceptors (Lipinski definition) is 2. The van der Waals surface area contributed by atoms with Gasteiger partial charge in [-0.2, -0.15) is 0 Å². The summed E-state index contributed by atoms with van der Waals surface area (Å²) in [5.41, 5.74) is 3.93. The maximum atomic E-state index is 12.2. The lowest BCUT2D eigenvalue weighted by atomic mass is 10.0. The van der Waals surface area contributed by atoms with Crippen molar-refractivity contribution in [1.82, 2.24) is 5.32 Å². The Bertz CT molecular complexity index is 635. The summed E-state index contributed by atoms with van der Waals surface area (Å²) in [6.07, 6.45) is 0.751. The molecule has 0 bridgehead atoms. The van der Waals surface area contributed by atoms with Gasteiger partial charge in [0, 0.05) is 12.1 Å². The van der Waals surface area contributed by atoms with Gasteiger partial charge < -0.3 is 10.1 Å². The highest BCUT2D eigenvalue weighted by atomic mass is 16.5. The van der Waals surface area contributed by atoms with E-state index in [0.29, 0.717) is 6.54 Å². The van der Waals surface area contributed by atoms with Crippen molar-refractivity contribution in [1.29, 1.82) is 0 Å². The number of rotatable bonds is 5. The molecule has 1 amide bonds. The van der Waals surface area contributed by atoms with Gasteiger partial charge in [-0.3, -0.25) is 4.79 Å². The number of nitrogens with one attached hydrogen (secondary N) is 1. The van der Waals surface area contributed by atoms with E-state index in [2.05, 4.69) is 5.32 Å². The Balaban J connectivity index is 1.97. The molecule has 0 fully saturated rings. The third kappa shape index (κ3) is 3.85. The average Bonchev–Trinajstić information content (AvgIpc) is 2.50. The van der Waals surface area contributed by atoms with Crippen molar-refractivity contribution in [2.75, 3.05) is 13.7 Å². The summed E-state index contributed by atoms with van der Waals surface area (Å²) < 4.78 is 5.31. The summed E-state index contributed by atoms with van der Waals surface area (Å²) >= 11 is 0. The molecule has 3 heteroatoms. The first-order chi connectivity index (χ1) is 10.1. The molecule has 0 spiro atoms. The summed E-state index contributed by atoms with van der Waals surface area (Å²) in [4.78, 5) is 12.2. The Hall–Kier alpha value is -2.29. The molecule has 0 saturated heterocycles. The van der Waals surface area contributed by atoms with Gasteiger partial charge in [0.15, 0.2) is 0 Å². The van der Waals surface area contributed by atoms with Gasteiger partial charge in [-0.15, -0.1) is 0 Å². The van der Waals surface area contributed by atoms with Crippen molar-refractivity contribution in [3.8, 4) is 5.75 Å². The van der Waals surface area contributed by atoms with Crippen LogP contribution in [-0.2, 0) is 6.42 Å². The van der Waals surface area contributed by atoms with Crippen LogP contribution in [0.3, 0.4) is 0 Å². The lowest BCUT2D eigenvalue weighted by Gasteiger charge is -2.10. The Morgan fingerprint density at radius 1 is 1.14 bits per heavy atom. The highest BCUT2D eigenvalue weighted by molar-refractivity contribution is 5.95. The van der Waals surface area contributed by atoms with Crippen LogP contribution in [0.4, 0.5) is 0 Å². The van der Waals surface area contributed by atoms with Crippen molar-refractivity contribution < 1.29 is 9.53 Å². The second-order valence-corrected chi connectivity index (χ2v) is 5.14. The Kier molecular flexibility index (Phi) is 4.99. The van der Waals surface area contributed by atoms with E-state index >= 15 is 0 Å². The van der Waals surface area contributed by atoms with Crippen LogP contribution < -0.4 is 10.1 Å². The standard InChI is InChI=1S/C18H21NO2/c1-13-8-9-14(2)16(12-13)18(20)19-11-10-15-6-4-5-7-17(15)21-3/h4-9,12H,10-11H2,1-3H3,(H,19,20). The van der Waals surface area contributed by atoms with Crippen LogP contribution in [0.25, 0.3) is 0 Å². The minimum absolute atomic E-state index is 0.0221. The van der Waals surface area contributed by atoms with Gasteiger partial charge >= 0.3 is 0 Å². The highest BCUT2D eigenvalue weighted by Crippen LogP contribution is 2.17. The zero-order chi connectivity index (χ0) is 15.2. The number of aryl methyl sites for hydroxylation is 2. The Morgan fingerprint density at radius 2 is 1.90 bits per heavy atom. The second kappa shape index (κ2) is 6.93. The van der Waals surface area contributed by atoms with Gasteiger partial charge in [-0.25, -0.2) is 0 Å². The SMILES string of the molecule is COc1ccccc1CCNC(=O)c1cc(C)ccc1C. The average molecular weight is 283 g/mol. The zero-order valence-electron chi connectivity index (χ0n) is 12.8. The fourth-order valence-corrected chi connectivity index (χ4v) is 2.30. The molecule has 0 aliphatic heterocycles. The molecular weight excluding hydrogens is 262 g/mol. The monoisotopic (exact) mass is 283 g/mol. The van der Waals surface area contributed by atoms with E-state index in [1.807, 2.05) is 56.3 Å². The van der Waals surface area contributed by atoms with Gasteiger partial charge in [0.2, 0.25) is 0 Å². The topological polar surface area (TPSA) is 38.3 Å². The van der Waals surface area contributed by atoms with Crippen molar-refractivity contribution in [3.05, 3.63) is 64.7 Å². The van der Waals surface area contributed by atoms with Crippen LogP contribution in [0.2, 0.25) is 0 Å². The zero-order valence-corrected chi connectivity index (χ0v) is 12.8. The summed E-state index contributed by atoms with van der Waals surface area (Å²) in [7, 11) is 1.66. The molecule has 0 saturated carbocycles. The molecule has 0 radical (unpaired) electrons. The summed E-state index contributed by atoms with van der Waals surface area (Å²) in [5.74, 6) is 0.838. The number of benzene rings is 2. The third-order valence-corrected chi connectivity index (χ3v) is 3.51. The number of amides is 1. The number of hydrogen-bond donors (Lipinski definition) is 1. The summed E-state index contributed by atoms with van der Waals surface area (Å²) in [6.45, 7) is 4.53. The highest BCUT2D eigenvalue weighted by Gasteiger charge is 2.09. The summed E-state index contributed by atoms with van der Waals surface area (Å²) in [5, 5.41) is 2.97. The van der Waals surface area contributed by atoms with Crippen molar-refractivity contribution in [2.45, 2.75) is 20.3 Å². The van der Waals surface area contributed by atoms with Crippen LogP contribution in [0, 0.1) is 13.8 Å². The minimum Gasteiger partial charge on any atom is -0.496 e. The lowest BCUT2D eigenvalue weighted by molar-refractivity contribution is 0.0953. The minimum atomic E-state index is -0.0221. The smallest absolute Gasteiger partial charge is 0.251 e. The Labute approximate surface area is 126 Å². The van der Waals surface area contributed by atoms with Crippen LogP contribution in [0.15, 0.2) is 42.5 Å². The molecule has 0 aromatic heterocycles. The quantitative estimate of drug-likeness (QED) is 0.914. The van der Waals surface area contributed by atoms with E-state index < -0.39 is 0 Å². The Morgan fingerprint density at radius 3 is 2.67 bits per heavy atom. The fourth-order valence-electron chi connectivity index (χ4n) is 2.30. The summed E-state index contributed by atoms with van der Waals surface area (Å²) in [6, 6.07) is 13.8. The van der Waals surface area contributed by atoms with E-state index in [-0.39, 0.29) is 5.91 Å². The first-order valence-corrected chi connectivity index (χ1v) is 7.09. The number of methoxy groups -OCH3 is 1. The molecule has 0 atom stereocenters. The molecule has 0 unspecified atom stereocenters. The molecule has 2 aromatic rings. The van der Waals surface area contributed by atoms with Crippen LogP contribution in [-0.4, -0.2) is 19.6 Å². The van der Waals surface area contributed by atoms with Gasteiger partial charge in [0.25, 0.3) is 5.91 Å². The first kappa shape index (κ1) is 15.1.